The highest BCUT2D eigenvalue weighted by atomic mass is 32.1. The maximum atomic E-state index is 12.6. The second kappa shape index (κ2) is 6.87. The summed E-state index contributed by atoms with van der Waals surface area (Å²) in [6, 6.07) is 4.47. The average Bonchev–Trinajstić information content (AvgIpc) is 3.07. The number of aromatic amines is 1. The van der Waals surface area contributed by atoms with Crippen LogP contribution in [0.4, 0.5) is 0 Å². The fourth-order valence-corrected chi connectivity index (χ4v) is 3.66. The number of rotatable bonds is 4. The number of hydrogen-bond acceptors (Lipinski definition) is 4. The summed E-state index contributed by atoms with van der Waals surface area (Å²) in [5.74, 6) is -0.0767. The van der Waals surface area contributed by atoms with Gasteiger partial charge >= 0.3 is 0 Å². The van der Waals surface area contributed by atoms with Crippen LogP contribution < -0.4 is 5.56 Å². The lowest BCUT2D eigenvalue weighted by molar-refractivity contribution is 0.0595. The maximum Gasteiger partial charge on any atom is 0.274 e. The Morgan fingerprint density at radius 1 is 1.45 bits per heavy atom. The largest absolute Gasteiger partial charge is 0.334 e. The SMILES string of the molecule is O=C(c1c[nH]c(=O)cn1)N1CCCC[C@H]1CCc1cccs1. The van der Waals surface area contributed by atoms with Gasteiger partial charge in [0.2, 0.25) is 0 Å². The number of likely N-dealkylation sites (tertiary alicyclic amines) is 1. The summed E-state index contributed by atoms with van der Waals surface area (Å²) in [5, 5.41) is 2.09. The van der Waals surface area contributed by atoms with Gasteiger partial charge in [-0.2, -0.15) is 0 Å². The Kier molecular flexibility index (Phi) is 4.68. The van der Waals surface area contributed by atoms with Crippen molar-refractivity contribution in [2.24, 2.45) is 0 Å². The van der Waals surface area contributed by atoms with E-state index in [4.69, 9.17) is 0 Å². The molecule has 0 spiro atoms. The number of aryl methyl sites for hydroxylation is 1. The Labute approximate surface area is 133 Å². The summed E-state index contributed by atoms with van der Waals surface area (Å²) in [7, 11) is 0. The van der Waals surface area contributed by atoms with Crippen molar-refractivity contribution in [3.8, 4) is 0 Å². The third kappa shape index (κ3) is 3.44. The van der Waals surface area contributed by atoms with Crippen molar-refractivity contribution >= 4 is 17.2 Å². The molecule has 1 amide bonds. The van der Waals surface area contributed by atoms with Crippen molar-refractivity contribution in [2.75, 3.05) is 6.54 Å². The highest BCUT2D eigenvalue weighted by Crippen LogP contribution is 2.23. The molecule has 0 aliphatic carbocycles. The fraction of sp³-hybridized carbons (Fsp3) is 0.438. The Morgan fingerprint density at radius 2 is 2.36 bits per heavy atom. The quantitative estimate of drug-likeness (QED) is 0.942. The molecule has 0 bridgehead atoms. The van der Waals surface area contributed by atoms with Crippen LogP contribution in [0.2, 0.25) is 0 Å². The van der Waals surface area contributed by atoms with E-state index in [1.165, 1.54) is 11.1 Å². The molecule has 0 radical (unpaired) electrons. The molecule has 1 saturated heterocycles. The summed E-state index contributed by atoms with van der Waals surface area (Å²) in [6.07, 6.45) is 7.80. The smallest absolute Gasteiger partial charge is 0.274 e. The first-order valence-corrected chi connectivity index (χ1v) is 8.50. The van der Waals surface area contributed by atoms with Crippen molar-refractivity contribution in [1.82, 2.24) is 14.9 Å². The molecule has 1 aliphatic heterocycles. The van der Waals surface area contributed by atoms with Gasteiger partial charge in [0.05, 0.1) is 6.20 Å². The van der Waals surface area contributed by atoms with Crippen LogP contribution >= 0.6 is 11.3 Å². The topological polar surface area (TPSA) is 66.1 Å². The first-order valence-electron chi connectivity index (χ1n) is 7.62. The predicted molar refractivity (Wildman–Crippen MR) is 86.2 cm³/mol. The van der Waals surface area contributed by atoms with Gasteiger partial charge < -0.3 is 9.88 Å². The summed E-state index contributed by atoms with van der Waals surface area (Å²) < 4.78 is 0. The maximum absolute atomic E-state index is 12.6. The number of H-pyrrole nitrogens is 1. The van der Waals surface area contributed by atoms with E-state index in [0.29, 0.717) is 5.69 Å². The van der Waals surface area contributed by atoms with E-state index in [1.807, 2.05) is 4.90 Å². The van der Waals surface area contributed by atoms with Crippen LogP contribution in [0, 0.1) is 0 Å². The minimum absolute atomic E-state index is 0.0767. The van der Waals surface area contributed by atoms with E-state index in [2.05, 4.69) is 27.5 Å². The van der Waals surface area contributed by atoms with Crippen LogP contribution in [0.15, 0.2) is 34.7 Å². The minimum Gasteiger partial charge on any atom is -0.334 e. The molecular weight excluding hydrogens is 298 g/mol. The Balaban J connectivity index is 1.69. The number of piperidine rings is 1. The van der Waals surface area contributed by atoms with Crippen molar-refractivity contribution in [3.63, 3.8) is 0 Å². The van der Waals surface area contributed by atoms with Crippen molar-refractivity contribution in [2.45, 2.75) is 38.1 Å². The van der Waals surface area contributed by atoms with Crippen LogP contribution in [0.1, 0.15) is 41.0 Å². The summed E-state index contributed by atoms with van der Waals surface area (Å²) in [6.45, 7) is 0.773. The normalized spacial score (nSPS) is 18.4. The molecule has 2 aromatic rings. The van der Waals surface area contributed by atoms with Crippen LogP contribution in [-0.4, -0.2) is 33.4 Å². The van der Waals surface area contributed by atoms with E-state index in [9.17, 15) is 9.59 Å². The van der Waals surface area contributed by atoms with Crippen molar-refractivity contribution < 1.29 is 4.79 Å². The van der Waals surface area contributed by atoms with Gasteiger partial charge in [0.15, 0.2) is 0 Å². The number of aromatic nitrogens is 2. The number of hydrogen-bond donors (Lipinski definition) is 1. The summed E-state index contributed by atoms with van der Waals surface area (Å²) in [5.41, 5.74) is 0.0343. The zero-order chi connectivity index (χ0) is 15.4. The van der Waals surface area contributed by atoms with Crippen LogP contribution in [0.25, 0.3) is 0 Å². The highest BCUT2D eigenvalue weighted by molar-refractivity contribution is 7.09. The van der Waals surface area contributed by atoms with Crippen LogP contribution in [-0.2, 0) is 6.42 Å². The first kappa shape index (κ1) is 15.0. The van der Waals surface area contributed by atoms with Crippen molar-refractivity contribution in [1.29, 1.82) is 0 Å². The Bertz CT molecular complexity index is 660. The molecule has 2 aromatic heterocycles. The van der Waals surface area contributed by atoms with E-state index in [-0.39, 0.29) is 17.5 Å². The lowest BCUT2D eigenvalue weighted by Gasteiger charge is -2.35. The van der Waals surface area contributed by atoms with Crippen LogP contribution in [0.3, 0.4) is 0 Å². The Morgan fingerprint density at radius 3 is 3.09 bits per heavy atom. The predicted octanol–water partition coefficient (Wildman–Crippen LogP) is 2.46. The number of thiophene rings is 1. The second-order valence-electron chi connectivity index (χ2n) is 5.56. The molecule has 3 rings (SSSR count). The molecule has 0 saturated carbocycles. The number of amides is 1. The number of carbonyl (C=O) groups excluding carboxylic acids is 1. The van der Waals surface area contributed by atoms with Gasteiger partial charge in [0.1, 0.15) is 5.69 Å². The zero-order valence-electron chi connectivity index (χ0n) is 12.3. The molecular formula is C16H19N3O2S. The highest BCUT2D eigenvalue weighted by Gasteiger charge is 2.28. The van der Waals surface area contributed by atoms with Gasteiger partial charge in [-0.1, -0.05) is 6.07 Å². The molecule has 1 fully saturated rings. The van der Waals surface area contributed by atoms with E-state index < -0.39 is 0 Å². The molecule has 0 aromatic carbocycles. The molecule has 0 unspecified atom stereocenters. The first-order chi connectivity index (χ1) is 10.7. The van der Waals surface area contributed by atoms with Gasteiger partial charge in [-0.3, -0.25) is 9.59 Å². The summed E-state index contributed by atoms with van der Waals surface area (Å²) in [4.78, 5) is 33.5. The monoisotopic (exact) mass is 317 g/mol. The molecule has 1 atom stereocenters. The third-order valence-electron chi connectivity index (χ3n) is 4.08. The van der Waals surface area contributed by atoms with E-state index in [1.54, 1.807) is 11.3 Å². The molecule has 3 heterocycles. The van der Waals surface area contributed by atoms with E-state index >= 15 is 0 Å². The fourth-order valence-electron chi connectivity index (χ4n) is 2.94. The van der Waals surface area contributed by atoms with Gasteiger partial charge in [-0.25, -0.2) is 4.98 Å². The van der Waals surface area contributed by atoms with Gasteiger partial charge in [-0.15, -0.1) is 11.3 Å². The third-order valence-corrected chi connectivity index (χ3v) is 5.02. The second-order valence-corrected chi connectivity index (χ2v) is 6.59. The molecule has 22 heavy (non-hydrogen) atoms. The molecule has 1 aliphatic rings. The number of nitrogens with zero attached hydrogens (tertiary/aromatic N) is 2. The van der Waals surface area contributed by atoms with E-state index in [0.717, 1.165) is 44.8 Å². The van der Waals surface area contributed by atoms with Gasteiger partial charge in [0.25, 0.3) is 11.5 Å². The standard InChI is InChI=1S/C16H19N3O2S/c20-15-11-17-14(10-18-15)16(21)19-8-2-1-4-12(19)6-7-13-5-3-9-22-13/h3,5,9-12H,1-2,4,6-8H2,(H,18,20)/t12-/m0/s1. The van der Waals surface area contributed by atoms with Crippen LogP contribution in [0.5, 0.6) is 0 Å². The number of nitrogens with one attached hydrogen (secondary N) is 1. The number of carbonyl (C=O) groups is 1. The lowest BCUT2D eigenvalue weighted by atomic mass is 9.97. The average molecular weight is 317 g/mol. The molecule has 6 heteroatoms. The zero-order valence-corrected chi connectivity index (χ0v) is 13.1. The Hall–Kier alpha value is -1.95. The lowest BCUT2D eigenvalue weighted by Crippen LogP contribution is -2.44. The molecule has 1 N–H and O–H groups in total. The van der Waals surface area contributed by atoms with Gasteiger partial charge in [-0.05, 0) is 43.6 Å². The minimum atomic E-state index is -0.288. The van der Waals surface area contributed by atoms with Gasteiger partial charge in [0, 0.05) is 23.7 Å². The van der Waals surface area contributed by atoms with Crippen molar-refractivity contribution in [3.05, 3.63) is 50.8 Å². The molecule has 5 nitrogen and oxygen atoms in total. The molecule has 116 valence electrons. The summed E-state index contributed by atoms with van der Waals surface area (Å²) >= 11 is 1.76.